The van der Waals surface area contributed by atoms with Crippen molar-refractivity contribution in [2.75, 3.05) is 26.3 Å². The molecule has 1 atom stereocenters. The van der Waals surface area contributed by atoms with E-state index >= 15 is 0 Å². The first kappa shape index (κ1) is 20.6. The van der Waals surface area contributed by atoms with Gasteiger partial charge in [0, 0.05) is 32.6 Å². The van der Waals surface area contributed by atoms with Crippen molar-refractivity contribution >= 4 is 5.91 Å². The molecule has 0 saturated heterocycles. The van der Waals surface area contributed by atoms with Gasteiger partial charge in [0.2, 0.25) is 0 Å². The molecule has 5 rings (SSSR count). The standard InChI is InChI=1S/C23H27N5O4/c1-15(24-23(29)18-6-10-30-16(18)2)22-26-25-21-5-7-27(8-9-28(21)22)14-17-3-4-19-20(13-17)32-12-11-31-19/h3-4,6,10,13,15H,5,7-9,11-12,14H2,1-2H3,(H,24,29). The number of nitrogens with one attached hydrogen (secondary N) is 1. The van der Waals surface area contributed by atoms with E-state index in [0.717, 1.165) is 55.7 Å². The third kappa shape index (κ3) is 4.08. The molecule has 168 valence electrons. The van der Waals surface area contributed by atoms with Crippen LogP contribution in [-0.2, 0) is 19.5 Å². The van der Waals surface area contributed by atoms with Crippen LogP contribution in [0.1, 0.15) is 46.3 Å². The molecule has 3 aromatic rings. The Balaban J connectivity index is 1.24. The molecule has 2 aliphatic heterocycles. The summed E-state index contributed by atoms with van der Waals surface area (Å²) in [6, 6.07) is 7.57. The maximum atomic E-state index is 12.6. The van der Waals surface area contributed by atoms with Gasteiger partial charge in [-0.15, -0.1) is 10.2 Å². The fourth-order valence-electron chi connectivity index (χ4n) is 4.27. The number of aryl methyl sites for hydroxylation is 1. The zero-order valence-corrected chi connectivity index (χ0v) is 18.3. The highest BCUT2D eigenvalue weighted by Gasteiger charge is 2.24. The molecule has 1 aromatic carbocycles. The molecular formula is C23H27N5O4. The summed E-state index contributed by atoms with van der Waals surface area (Å²) in [6.45, 7) is 8.26. The first-order valence-electron chi connectivity index (χ1n) is 11.0. The van der Waals surface area contributed by atoms with Gasteiger partial charge in [-0.1, -0.05) is 6.07 Å². The summed E-state index contributed by atoms with van der Waals surface area (Å²) in [5, 5.41) is 11.8. The second-order valence-corrected chi connectivity index (χ2v) is 8.22. The summed E-state index contributed by atoms with van der Waals surface area (Å²) in [4.78, 5) is 15.0. The van der Waals surface area contributed by atoms with E-state index in [2.05, 4.69) is 37.1 Å². The van der Waals surface area contributed by atoms with E-state index in [9.17, 15) is 4.79 Å². The first-order chi connectivity index (χ1) is 15.6. The number of ether oxygens (including phenoxy) is 2. The Morgan fingerprint density at radius 2 is 1.97 bits per heavy atom. The van der Waals surface area contributed by atoms with Crippen molar-refractivity contribution in [3.8, 4) is 11.5 Å². The molecule has 0 spiro atoms. The van der Waals surface area contributed by atoms with E-state index in [1.54, 1.807) is 13.0 Å². The quantitative estimate of drug-likeness (QED) is 0.655. The van der Waals surface area contributed by atoms with Crippen LogP contribution in [0.4, 0.5) is 0 Å². The van der Waals surface area contributed by atoms with Crippen LogP contribution in [0.25, 0.3) is 0 Å². The molecule has 2 aliphatic rings. The van der Waals surface area contributed by atoms with Crippen molar-refractivity contribution in [1.82, 2.24) is 25.0 Å². The van der Waals surface area contributed by atoms with Crippen LogP contribution in [-0.4, -0.2) is 51.9 Å². The van der Waals surface area contributed by atoms with Crippen molar-refractivity contribution < 1.29 is 18.7 Å². The highest BCUT2D eigenvalue weighted by atomic mass is 16.6. The third-order valence-corrected chi connectivity index (χ3v) is 6.00. The summed E-state index contributed by atoms with van der Waals surface area (Å²) >= 11 is 0. The van der Waals surface area contributed by atoms with Crippen LogP contribution >= 0.6 is 0 Å². The number of carbonyl (C=O) groups is 1. The normalized spacial score (nSPS) is 16.8. The molecule has 0 fully saturated rings. The predicted molar refractivity (Wildman–Crippen MR) is 116 cm³/mol. The van der Waals surface area contributed by atoms with Crippen molar-refractivity contribution in [1.29, 1.82) is 0 Å². The Labute approximate surface area is 186 Å². The van der Waals surface area contributed by atoms with E-state index < -0.39 is 0 Å². The minimum Gasteiger partial charge on any atom is -0.486 e. The number of furan rings is 1. The van der Waals surface area contributed by atoms with Crippen LogP contribution in [0.5, 0.6) is 11.5 Å². The Bertz CT molecular complexity index is 1120. The molecule has 9 heteroatoms. The topological polar surface area (TPSA) is 94.7 Å². The number of benzene rings is 1. The summed E-state index contributed by atoms with van der Waals surface area (Å²) in [5.74, 6) is 3.79. The summed E-state index contributed by atoms with van der Waals surface area (Å²) in [5.41, 5.74) is 1.74. The molecule has 32 heavy (non-hydrogen) atoms. The fraction of sp³-hybridized carbons (Fsp3) is 0.435. The monoisotopic (exact) mass is 437 g/mol. The van der Waals surface area contributed by atoms with E-state index in [0.29, 0.717) is 24.5 Å². The number of fused-ring (bicyclic) bond motifs is 2. The number of hydrogen-bond acceptors (Lipinski definition) is 7. The highest BCUT2D eigenvalue weighted by molar-refractivity contribution is 5.95. The zero-order valence-electron chi connectivity index (χ0n) is 18.3. The van der Waals surface area contributed by atoms with Gasteiger partial charge >= 0.3 is 0 Å². The van der Waals surface area contributed by atoms with Crippen LogP contribution in [0.15, 0.2) is 34.9 Å². The summed E-state index contributed by atoms with van der Waals surface area (Å²) in [7, 11) is 0. The smallest absolute Gasteiger partial charge is 0.255 e. The average Bonchev–Trinajstić information content (AvgIpc) is 3.36. The van der Waals surface area contributed by atoms with E-state index in [1.807, 2.05) is 13.0 Å². The van der Waals surface area contributed by atoms with Gasteiger partial charge in [0.1, 0.15) is 24.8 Å². The van der Waals surface area contributed by atoms with Gasteiger partial charge in [-0.2, -0.15) is 0 Å². The number of rotatable bonds is 5. The summed E-state index contributed by atoms with van der Waals surface area (Å²) < 4.78 is 18.7. The van der Waals surface area contributed by atoms with Crippen LogP contribution in [0.3, 0.4) is 0 Å². The van der Waals surface area contributed by atoms with Crippen molar-refractivity contribution in [2.24, 2.45) is 0 Å². The number of amides is 1. The third-order valence-electron chi connectivity index (χ3n) is 6.00. The van der Waals surface area contributed by atoms with E-state index in [1.165, 1.54) is 11.8 Å². The van der Waals surface area contributed by atoms with Gasteiger partial charge in [0.05, 0.1) is 17.9 Å². The Hall–Kier alpha value is -3.33. The second-order valence-electron chi connectivity index (χ2n) is 8.22. The van der Waals surface area contributed by atoms with E-state index in [-0.39, 0.29) is 11.9 Å². The van der Waals surface area contributed by atoms with Crippen LogP contribution in [0, 0.1) is 6.92 Å². The summed E-state index contributed by atoms with van der Waals surface area (Å²) in [6.07, 6.45) is 2.33. The highest BCUT2D eigenvalue weighted by Crippen LogP contribution is 2.31. The fourth-order valence-corrected chi connectivity index (χ4v) is 4.27. The van der Waals surface area contributed by atoms with Gasteiger partial charge in [-0.25, -0.2) is 0 Å². The molecule has 1 amide bonds. The molecule has 1 unspecified atom stereocenters. The lowest BCUT2D eigenvalue weighted by Gasteiger charge is -2.22. The molecule has 1 N–H and O–H groups in total. The van der Waals surface area contributed by atoms with Crippen molar-refractivity contribution in [3.63, 3.8) is 0 Å². The second kappa shape index (κ2) is 8.66. The molecule has 9 nitrogen and oxygen atoms in total. The van der Waals surface area contributed by atoms with Crippen molar-refractivity contribution in [2.45, 2.75) is 39.4 Å². The van der Waals surface area contributed by atoms with E-state index in [4.69, 9.17) is 13.9 Å². The Kier molecular flexibility index (Phi) is 5.57. The lowest BCUT2D eigenvalue weighted by molar-refractivity contribution is 0.0936. The zero-order chi connectivity index (χ0) is 22.1. The first-order valence-corrected chi connectivity index (χ1v) is 11.0. The molecular weight excluding hydrogens is 410 g/mol. The largest absolute Gasteiger partial charge is 0.486 e. The van der Waals surface area contributed by atoms with Gasteiger partial charge in [-0.3, -0.25) is 9.69 Å². The van der Waals surface area contributed by atoms with Crippen LogP contribution in [0.2, 0.25) is 0 Å². The number of hydrogen-bond donors (Lipinski definition) is 1. The average molecular weight is 438 g/mol. The minimum absolute atomic E-state index is 0.171. The van der Waals surface area contributed by atoms with Crippen molar-refractivity contribution in [3.05, 3.63) is 59.1 Å². The molecule has 4 heterocycles. The van der Waals surface area contributed by atoms with Gasteiger partial charge in [0.15, 0.2) is 17.3 Å². The molecule has 0 aliphatic carbocycles. The maximum Gasteiger partial charge on any atom is 0.255 e. The molecule has 2 aromatic heterocycles. The molecule has 0 radical (unpaired) electrons. The Morgan fingerprint density at radius 1 is 1.12 bits per heavy atom. The van der Waals surface area contributed by atoms with Gasteiger partial charge in [-0.05, 0) is 37.6 Å². The lowest BCUT2D eigenvalue weighted by atomic mass is 10.1. The SMILES string of the molecule is Cc1occc1C(=O)NC(C)c1nnc2n1CCN(Cc1ccc3c(c1)OCCO3)CC2. The lowest BCUT2D eigenvalue weighted by Crippen LogP contribution is -2.30. The predicted octanol–water partition coefficient (Wildman–Crippen LogP) is 2.50. The Morgan fingerprint density at radius 3 is 2.78 bits per heavy atom. The van der Waals surface area contributed by atoms with Gasteiger partial charge in [0.25, 0.3) is 5.91 Å². The van der Waals surface area contributed by atoms with Gasteiger partial charge < -0.3 is 23.8 Å². The van der Waals surface area contributed by atoms with Crippen LogP contribution < -0.4 is 14.8 Å². The molecule has 0 saturated carbocycles. The number of nitrogens with zero attached hydrogens (tertiary/aromatic N) is 4. The number of carbonyl (C=O) groups excluding carboxylic acids is 1. The molecule has 0 bridgehead atoms. The minimum atomic E-state index is -0.262. The number of aromatic nitrogens is 3. The maximum absolute atomic E-state index is 12.6.